The number of halogens is 8. The van der Waals surface area contributed by atoms with Gasteiger partial charge < -0.3 is 0 Å². The molecule has 12 heteroatoms. The van der Waals surface area contributed by atoms with E-state index in [1.807, 2.05) is 0 Å². The third-order valence-electron chi connectivity index (χ3n) is 5.54. The first-order valence-electron chi connectivity index (χ1n) is 9.01. The maximum absolute atomic E-state index is 14.7. The smallest absolute Gasteiger partial charge is 0.203 e. The monoisotopic (exact) mass is 474 g/mol. The van der Waals surface area contributed by atoms with Crippen molar-refractivity contribution in [2.24, 2.45) is 9.98 Å². The van der Waals surface area contributed by atoms with Crippen LogP contribution in [0.25, 0.3) is 43.1 Å². The predicted octanol–water partition coefficient (Wildman–Crippen LogP) is 5.05. The SMILES string of the molecule is N#C/N=c1/c2cc3c(cc2c2c(F)c(F)c(F)c(F)c12)/c(=N/C#N)c1c(F)c(F)c(F)c(F)c13. The summed E-state index contributed by atoms with van der Waals surface area (Å²) in [6.45, 7) is 0. The van der Waals surface area contributed by atoms with Gasteiger partial charge in [0.15, 0.2) is 46.5 Å². The highest BCUT2D eigenvalue weighted by Crippen LogP contribution is 2.38. The van der Waals surface area contributed by atoms with Crippen LogP contribution >= 0.6 is 0 Å². The van der Waals surface area contributed by atoms with Crippen molar-refractivity contribution in [3.8, 4) is 12.4 Å². The van der Waals surface area contributed by atoms with Gasteiger partial charge in [-0.1, -0.05) is 0 Å². The van der Waals surface area contributed by atoms with E-state index in [1.165, 1.54) is 12.4 Å². The van der Waals surface area contributed by atoms with Crippen molar-refractivity contribution in [2.75, 3.05) is 0 Å². The molecule has 0 saturated heterocycles. The molecule has 5 aromatic carbocycles. The molecular weight excluding hydrogens is 472 g/mol. The van der Waals surface area contributed by atoms with E-state index in [-0.39, 0.29) is 10.8 Å². The molecule has 0 N–H and O–H groups in total. The van der Waals surface area contributed by atoms with Gasteiger partial charge in [0.05, 0.1) is 21.5 Å². The third kappa shape index (κ3) is 2.39. The fourth-order valence-electron chi connectivity index (χ4n) is 4.22. The molecule has 0 aromatic heterocycles. The van der Waals surface area contributed by atoms with Crippen molar-refractivity contribution < 1.29 is 35.1 Å². The zero-order valence-electron chi connectivity index (χ0n) is 16.0. The Morgan fingerprint density at radius 2 is 0.735 bits per heavy atom. The Balaban J connectivity index is 2.22. The van der Waals surface area contributed by atoms with Crippen LogP contribution in [-0.4, -0.2) is 0 Å². The summed E-state index contributed by atoms with van der Waals surface area (Å²) in [5.74, 6) is -16.1. The molecule has 0 radical (unpaired) electrons. The number of hydrogen-bond donors (Lipinski definition) is 0. The molecule has 0 fully saturated rings. The Morgan fingerprint density at radius 3 is 1.03 bits per heavy atom. The standard InChI is InChI=1S/C22H2F8N4/c23-13-9-5-1-7-6(2-8(5)22(34-4-32)11(9)15(25)19(29)17(13)27)10-12(21(7)33-3-31)16(26)20(30)18(28)14(10)24/h1-2H/b33-21-,34-22-. The van der Waals surface area contributed by atoms with Crippen LogP contribution in [0.15, 0.2) is 22.1 Å². The van der Waals surface area contributed by atoms with E-state index in [2.05, 4.69) is 9.98 Å². The maximum atomic E-state index is 14.7. The number of fused-ring (bicyclic) bond motifs is 6. The van der Waals surface area contributed by atoms with E-state index in [0.717, 1.165) is 12.1 Å². The van der Waals surface area contributed by atoms with Crippen LogP contribution < -0.4 is 10.7 Å². The van der Waals surface area contributed by atoms with Crippen molar-refractivity contribution >= 4 is 43.1 Å². The van der Waals surface area contributed by atoms with E-state index in [9.17, 15) is 35.1 Å². The first-order chi connectivity index (χ1) is 16.1. The maximum Gasteiger partial charge on any atom is 0.206 e. The molecule has 0 bridgehead atoms. The van der Waals surface area contributed by atoms with Crippen LogP contribution in [-0.2, 0) is 0 Å². The molecule has 0 unspecified atom stereocenters. The first-order valence-corrected chi connectivity index (χ1v) is 9.01. The van der Waals surface area contributed by atoms with Gasteiger partial charge in [-0.25, -0.2) is 35.1 Å². The molecule has 0 spiro atoms. The Morgan fingerprint density at radius 1 is 0.441 bits per heavy atom. The molecule has 34 heavy (non-hydrogen) atoms. The van der Waals surface area contributed by atoms with Crippen molar-refractivity contribution in [2.45, 2.75) is 0 Å². The summed E-state index contributed by atoms with van der Waals surface area (Å²) < 4.78 is 114. The zero-order valence-corrected chi connectivity index (χ0v) is 16.0. The second-order valence-corrected chi connectivity index (χ2v) is 7.08. The second kappa shape index (κ2) is 6.96. The zero-order chi connectivity index (χ0) is 24.6. The summed E-state index contributed by atoms with van der Waals surface area (Å²) in [5.41, 5.74) is 0. The Kier molecular flexibility index (Phi) is 4.35. The molecule has 0 aliphatic carbocycles. The van der Waals surface area contributed by atoms with E-state index in [4.69, 9.17) is 10.5 Å². The fourth-order valence-corrected chi connectivity index (χ4v) is 4.22. The van der Waals surface area contributed by atoms with Crippen LogP contribution in [0.5, 0.6) is 0 Å². The summed E-state index contributed by atoms with van der Waals surface area (Å²) in [7, 11) is 0. The largest absolute Gasteiger partial charge is 0.206 e. The Hall–Kier alpha value is -4.58. The van der Waals surface area contributed by atoms with Gasteiger partial charge in [-0.3, -0.25) is 0 Å². The molecule has 166 valence electrons. The Labute approximate surface area is 181 Å². The lowest BCUT2D eigenvalue weighted by molar-refractivity contribution is 0.418. The van der Waals surface area contributed by atoms with Crippen LogP contribution in [0.3, 0.4) is 0 Å². The summed E-state index contributed by atoms with van der Waals surface area (Å²) >= 11 is 0. The van der Waals surface area contributed by atoms with Gasteiger partial charge in [0.2, 0.25) is 12.4 Å². The van der Waals surface area contributed by atoms with E-state index in [1.54, 1.807) is 0 Å². The number of benzene rings is 3. The summed E-state index contributed by atoms with van der Waals surface area (Å²) in [6, 6.07) is 1.79. The summed E-state index contributed by atoms with van der Waals surface area (Å²) in [4.78, 5) is 6.66. The highest BCUT2D eigenvalue weighted by atomic mass is 19.2. The summed E-state index contributed by atoms with van der Waals surface area (Å²) in [6.07, 6.45) is 2.59. The topological polar surface area (TPSA) is 72.3 Å². The van der Waals surface area contributed by atoms with Crippen molar-refractivity contribution in [1.82, 2.24) is 0 Å². The van der Waals surface area contributed by atoms with Gasteiger partial charge in [-0.05, 0) is 22.9 Å². The first kappa shape index (κ1) is 21.3. The average molecular weight is 474 g/mol. The van der Waals surface area contributed by atoms with Crippen LogP contribution in [0.2, 0.25) is 0 Å². The Bertz CT molecular complexity index is 1830. The lowest BCUT2D eigenvalue weighted by Crippen LogP contribution is -2.04. The number of hydrogen-bond acceptors (Lipinski definition) is 4. The predicted molar refractivity (Wildman–Crippen MR) is 101 cm³/mol. The molecule has 0 aliphatic rings. The molecule has 0 amide bonds. The van der Waals surface area contributed by atoms with Gasteiger partial charge >= 0.3 is 0 Å². The van der Waals surface area contributed by atoms with Gasteiger partial charge in [0.1, 0.15) is 0 Å². The number of nitriles is 2. The molecule has 5 rings (SSSR count). The van der Waals surface area contributed by atoms with Crippen molar-refractivity contribution in [3.63, 3.8) is 0 Å². The molecule has 0 saturated carbocycles. The van der Waals surface area contributed by atoms with Gasteiger partial charge in [0, 0.05) is 21.5 Å². The van der Waals surface area contributed by atoms with Gasteiger partial charge in [-0.2, -0.15) is 20.5 Å². The normalized spacial score (nSPS) is 13.0. The van der Waals surface area contributed by atoms with E-state index < -0.39 is 89.6 Å². The lowest BCUT2D eigenvalue weighted by atomic mass is 10.1. The number of rotatable bonds is 0. The van der Waals surface area contributed by atoms with Crippen molar-refractivity contribution in [3.05, 3.63) is 69.4 Å². The van der Waals surface area contributed by atoms with Gasteiger partial charge in [-0.15, -0.1) is 0 Å². The molecule has 0 atom stereocenters. The highest BCUT2D eigenvalue weighted by Gasteiger charge is 2.29. The molecular formula is C22H2F8N4. The number of nitrogens with zero attached hydrogens (tertiary/aromatic N) is 4. The van der Waals surface area contributed by atoms with Gasteiger partial charge in [0.25, 0.3) is 0 Å². The average Bonchev–Trinajstić information content (AvgIpc) is 3.30. The van der Waals surface area contributed by atoms with Crippen LogP contribution in [0.4, 0.5) is 35.1 Å². The van der Waals surface area contributed by atoms with E-state index in [0.29, 0.717) is 0 Å². The fraction of sp³-hybridized carbons (Fsp3) is 0. The lowest BCUT2D eigenvalue weighted by Gasteiger charge is -2.01. The van der Waals surface area contributed by atoms with Crippen molar-refractivity contribution in [1.29, 1.82) is 10.5 Å². The van der Waals surface area contributed by atoms with Crippen LogP contribution in [0, 0.1) is 69.4 Å². The quantitative estimate of drug-likeness (QED) is 0.136. The second-order valence-electron chi connectivity index (χ2n) is 7.08. The van der Waals surface area contributed by atoms with E-state index >= 15 is 0 Å². The highest BCUT2D eigenvalue weighted by molar-refractivity contribution is 6.21. The molecule has 0 heterocycles. The minimum atomic E-state index is -2.18. The minimum absolute atomic E-state index is 0.341. The van der Waals surface area contributed by atoms with Crippen LogP contribution in [0.1, 0.15) is 0 Å². The molecule has 5 aromatic rings. The minimum Gasteiger partial charge on any atom is -0.203 e. The molecule has 4 nitrogen and oxygen atoms in total. The third-order valence-corrected chi connectivity index (χ3v) is 5.54. The summed E-state index contributed by atoms with van der Waals surface area (Å²) in [5, 5.41) is 11.7. The molecule has 0 aliphatic heterocycles.